The molecule has 2 aromatic rings. The number of pyridine rings is 1. The summed E-state index contributed by atoms with van der Waals surface area (Å²) in [6, 6.07) is 12.5. The van der Waals surface area contributed by atoms with E-state index < -0.39 is 0 Å². The second kappa shape index (κ2) is 7.10. The minimum Gasteiger partial charge on any atom is -0.377 e. The van der Waals surface area contributed by atoms with Crippen molar-refractivity contribution in [2.45, 2.75) is 25.5 Å². The lowest BCUT2D eigenvalue weighted by molar-refractivity contribution is -0.138. The van der Waals surface area contributed by atoms with E-state index in [1.807, 2.05) is 12.1 Å². The molecule has 5 heteroatoms. The zero-order valence-corrected chi connectivity index (χ0v) is 14.6. The lowest BCUT2D eigenvalue weighted by Gasteiger charge is -2.43. The average molecular weight is 339 g/mol. The van der Waals surface area contributed by atoms with Crippen LogP contribution in [0, 0.1) is 11.8 Å². The first-order valence-corrected chi connectivity index (χ1v) is 9.13. The molecule has 0 spiro atoms. The maximum absolute atomic E-state index is 11.9. The fourth-order valence-electron chi connectivity index (χ4n) is 4.16. The Balaban J connectivity index is 1.42. The Morgan fingerprint density at radius 2 is 2.20 bits per heavy atom. The van der Waals surface area contributed by atoms with Crippen LogP contribution in [0.2, 0.25) is 0 Å². The number of carbonyl (C=O) groups is 1. The number of likely N-dealkylation sites (tertiary alicyclic amines) is 1. The summed E-state index contributed by atoms with van der Waals surface area (Å²) < 4.78 is 5.97. The highest BCUT2D eigenvalue weighted by Gasteiger charge is 2.37. The van der Waals surface area contributed by atoms with Crippen molar-refractivity contribution in [1.29, 1.82) is 0 Å². The first-order valence-electron chi connectivity index (χ1n) is 9.13. The van der Waals surface area contributed by atoms with Crippen molar-refractivity contribution < 1.29 is 9.53 Å². The first-order chi connectivity index (χ1) is 12.2. The Bertz CT molecular complexity index is 763. The highest BCUT2D eigenvalue weighted by atomic mass is 16.5. The number of hydrogen-bond acceptors (Lipinski definition) is 4. The lowest BCUT2D eigenvalue weighted by Crippen LogP contribution is -2.50. The van der Waals surface area contributed by atoms with Gasteiger partial charge in [0.25, 0.3) is 0 Å². The zero-order valence-electron chi connectivity index (χ0n) is 14.6. The van der Waals surface area contributed by atoms with Crippen LogP contribution in [0.25, 0.3) is 10.9 Å². The number of benzene rings is 1. The van der Waals surface area contributed by atoms with Crippen LogP contribution in [0.1, 0.15) is 18.5 Å². The van der Waals surface area contributed by atoms with Gasteiger partial charge in [0.05, 0.1) is 29.8 Å². The topological polar surface area (TPSA) is 54.5 Å². The predicted octanol–water partition coefficient (Wildman–Crippen LogP) is 2.21. The van der Waals surface area contributed by atoms with E-state index in [0.29, 0.717) is 18.6 Å². The number of ether oxygens (including phenoxy) is 1. The zero-order chi connectivity index (χ0) is 17.2. The van der Waals surface area contributed by atoms with Crippen molar-refractivity contribution in [2.24, 2.45) is 11.8 Å². The average Bonchev–Trinajstić information content (AvgIpc) is 2.66. The number of fused-ring (bicyclic) bond motifs is 2. The SMILES string of the molecule is CNC(=O)[C@@H]1CO[C@@H]2CCN(Cc3ccc4ccccc4n3)C[C@@H]2C1. The summed E-state index contributed by atoms with van der Waals surface area (Å²) in [4.78, 5) is 19.2. The van der Waals surface area contributed by atoms with Crippen LogP contribution in [0.5, 0.6) is 0 Å². The number of hydrogen-bond donors (Lipinski definition) is 1. The van der Waals surface area contributed by atoms with E-state index in [4.69, 9.17) is 9.72 Å². The highest BCUT2D eigenvalue weighted by molar-refractivity contribution is 5.79. The fraction of sp³-hybridized carbons (Fsp3) is 0.500. The molecule has 2 aliphatic rings. The Hall–Kier alpha value is -1.98. The number of para-hydroxylation sites is 1. The van der Waals surface area contributed by atoms with Crippen LogP contribution in [0.3, 0.4) is 0 Å². The highest BCUT2D eigenvalue weighted by Crippen LogP contribution is 2.32. The molecule has 2 fully saturated rings. The number of aromatic nitrogens is 1. The van der Waals surface area contributed by atoms with Gasteiger partial charge in [0.2, 0.25) is 5.91 Å². The monoisotopic (exact) mass is 339 g/mol. The van der Waals surface area contributed by atoms with Crippen molar-refractivity contribution in [3.05, 3.63) is 42.1 Å². The summed E-state index contributed by atoms with van der Waals surface area (Å²) in [5.41, 5.74) is 2.16. The number of nitrogens with zero attached hydrogens (tertiary/aromatic N) is 2. The number of carbonyl (C=O) groups excluding carboxylic acids is 1. The third-order valence-corrected chi connectivity index (χ3v) is 5.51. The molecule has 1 aromatic carbocycles. The molecule has 0 bridgehead atoms. The van der Waals surface area contributed by atoms with Gasteiger partial charge in [-0.05, 0) is 30.9 Å². The van der Waals surface area contributed by atoms with Gasteiger partial charge in [-0.15, -0.1) is 0 Å². The molecule has 2 saturated heterocycles. The van der Waals surface area contributed by atoms with Crippen molar-refractivity contribution in [2.75, 3.05) is 26.7 Å². The van der Waals surface area contributed by atoms with Crippen molar-refractivity contribution in [3.8, 4) is 0 Å². The second-order valence-electron chi connectivity index (χ2n) is 7.20. The molecule has 1 amide bonds. The fourth-order valence-corrected chi connectivity index (χ4v) is 4.16. The quantitative estimate of drug-likeness (QED) is 0.931. The molecule has 1 aromatic heterocycles. The van der Waals surface area contributed by atoms with Gasteiger partial charge in [-0.25, -0.2) is 0 Å². The van der Waals surface area contributed by atoms with Gasteiger partial charge in [-0.3, -0.25) is 14.7 Å². The van der Waals surface area contributed by atoms with E-state index in [-0.39, 0.29) is 11.8 Å². The molecule has 0 saturated carbocycles. The first kappa shape index (κ1) is 16.5. The summed E-state index contributed by atoms with van der Waals surface area (Å²) in [6.45, 7) is 3.43. The van der Waals surface area contributed by atoms with E-state index in [2.05, 4.69) is 34.5 Å². The van der Waals surface area contributed by atoms with Crippen LogP contribution < -0.4 is 5.32 Å². The van der Waals surface area contributed by atoms with Gasteiger partial charge in [0.15, 0.2) is 0 Å². The molecule has 25 heavy (non-hydrogen) atoms. The van der Waals surface area contributed by atoms with Gasteiger partial charge in [-0.2, -0.15) is 0 Å². The Morgan fingerprint density at radius 1 is 1.32 bits per heavy atom. The van der Waals surface area contributed by atoms with Gasteiger partial charge < -0.3 is 10.1 Å². The van der Waals surface area contributed by atoms with E-state index in [1.165, 1.54) is 5.39 Å². The molecule has 3 atom stereocenters. The molecule has 5 nitrogen and oxygen atoms in total. The minimum absolute atomic E-state index is 0.00926. The maximum atomic E-state index is 11.9. The third kappa shape index (κ3) is 3.53. The smallest absolute Gasteiger partial charge is 0.225 e. The molecule has 4 rings (SSSR count). The molecular weight excluding hydrogens is 314 g/mol. The number of nitrogens with one attached hydrogen (secondary N) is 1. The normalized spacial score (nSPS) is 27.0. The Morgan fingerprint density at radius 3 is 3.08 bits per heavy atom. The number of piperidine rings is 1. The largest absolute Gasteiger partial charge is 0.377 e. The van der Waals surface area contributed by atoms with Crippen LogP contribution >= 0.6 is 0 Å². The van der Waals surface area contributed by atoms with Gasteiger partial charge in [-0.1, -0.05) is 24.3 Å². The van der Waals surface area contributed by atoms with Crippen LogP contribution in [0.15, 0.2) is 36.4 Å². The summed E-state index contributed by atoms with van der Waals surface area (Å²) >= 11 is 0. The van der Waals surface area contributed by atoms with E-state index in [0.717, 1.165) is 43.7 Å². The van der Waals surface area contributed by atoms with E-state index in [1.54, 1.807) is 7.05 Å². The van der Waals surface area contributed by atoms with Crippen LogP contribution in [0.4, 0.5) is 0 Å². The summed E-state index contributed by atoms with van der Waals surface area (Å²) in [5, 5.41) is 3.94. The second-order valence-corrected chi connectivity index (χ2v) is 7.20. The third-order valence-electron chi connectivity index (χ3n) is 5.51. The molecule has 0 radical (unpaired) electrons. The van der Waals surface area contributed by atoms with Gasteiger partial charge in [0.1, 0.15) is 0 Å². The van der Waals surface area contributed by atoms with E-state index >= 15 is 0 Å². The van der Waals surface area contributed by atoms with Crippen molar-refractivity contribution in [1.82, 2.24) is 15.2 Å². The molecule has 1 N–H and O–H groups in total. The molecule has 3 heterocycles. The Kier molecular flexibility index (Phi) is 4.68. The van der Waals surface area contributed by atoms with E-state index in [9.17, 15) is 4.79 Å². The number of amides is 1. The Labute approximate surface area is 148 Å². The molecule has 0 aliphatic carbocycles. The summed E-state index contributed by atoms with van der Waals surface area (Å²) in [7, 11) is 1.70. The number of rotatable bonds is 3. The summed E-state index contributed by atoms with van der Waals surface area (Å²) in [5.74, 6) is 0.530. The van der Waals surface area contributed by atoms with Crippen molar-refractivity contribution in [3.63, 3.8) is 0 Å². The van der Waals surface area contributed by atoms with Crippen molar-refractivity contribution >= 4 is 16.8 Å². The minimum atomic E-state index is -0.00926. The molecule has 2 aliphatic heterocycles. The lowest BCUT2D eigenvalue weighted by atomic mass is 9.83. The van der Waals surface area contributed by atoms with Crippen LogP contribution in [-0.4, -0.2) is 48.6 Å². The maximum Gasteiger partial charge on any atom is 0.225 e. The van der Waals surface area contributed by atoms with Gasteiger partial charge in [0, 0.05) is 32.1 Å². The van der Waals surface area contributed by atoms with Gasteiger partial charge >= 0.3 is 0 Å². The summed E-state index contributed by atoms with van der Waals surface area (Å²) in [6.07, 6.45) is 2.27. The predicted molar refractivity (Wildman–Crippen MR) is 97.0 cm³/mol. The molecular formula is C20H25N3O2. The molecule has 132 valence electrons. The van der Waals surface area contributed by atoms with Crippen LogP contribution in [-0.2, 0) is 16.1 Å². The molecule has 0 unspecified atom stereocenters. The standard InChI is InChI=1S/C20H25N3O2/c1-21-20(24)16-10-15-11-23(9-8-19(15)25-13-16)12-17-7-6-14-4-2-3-5-18(14)22-17/h2-7,15-16,19H,8-13H2,1H3,(H,21,24)/t15-,16-,19+/m0/s1.